The Hall–Kier alpha value is -1.03. The number of carbonyl (C=O) groups excluding carboxylic acids is 1. The zero-order valence-electron chi connectivity index (χ0n) is 20.3. The van der Waals surface area contributed by atoms with Crippen LogP contribution in [0.3, 0.4) is 0 Å². The van der Waals surface area contributed by atoms with Crippen LogP contribution in [-0.2, 0) is 19.0 Å². The molecule has 0 unspecified atom stereocenters. The third-order valence-corrected chi connectivity index (χ3v) is 10.9. The van der Waals surface area contributed by atoms with Crippen LogP contribution in [0.15, 0.2) is 11.6 Å². The van der Waals surface area contributed by atoms with Crippen molar-refractivity contribution in [3.63, 3.8) is 0 Å². The molecule has 6 aliphatic rings. The molecule has 0 radical (unpaired) electrons. The highest BCUT2D eigenvalue weighted by molar-refractivity contribution is 5.85. The van der Waals surface area contributed by atoms with Gasteiger partial charge in [-0.1, -0.05) is 6.92 Å². The Bertz CT molecular complexity index is 932. The largest absolute Gasteiger partial charge is 0.458 e. The fourth-order valence-electron chi connectivity index (χ4n) is 9.65. The van der Waals surface area contributed by atoms with E-state index in [4.69, 9.17) is 14.2 Å². The van der Waals surface area contributed by atoms with Crippen molar-refractivity contribution in [2.75, 3.05) is 13.2 Å². The van der Waals surface area contributed by atoms with Crippen LogP contribution in [0.1, 0.15) is 65.7 Å². The number of fused-ring (bicyclic) bond motifs is 8. The lowest BCUT2D eigenvalue weighted by Crippen LogP contribution is -2.77. The first-order chi connectivity index (χ1) is 15.9. The first kappa shape index (κ1) is 23.4. The molecule has 0 aromatic carbocycles. The Balaban J connectivity index is 1.43. The van der Waals surface area contributed by atoms with Crippen LogP contribution in [-0.4, -0.2) is 74.9 Å². The Labute approximate surface area is 200 Å². The van der Waals surface area contributed by atoms with Crippen molar-refractivity contribution in [3.05, 3.63) is 11.6 Å². The molecule has 190 valence electrons. The van der Waals surface area contributed by atoms with Crippen LogP contribution in [0.25, 0.3) is 0 Å². The Morgan fingerprint density at radius 3 is 2.53 bits per heavy atom. The summed E-state index contributed by atoms with van der Waals surface area (Å²) in [5.41, 5.74) is -3.16. The van der Waals surface area contributed by atoms with Crippen LogP contribution >= 0.6 is 0 Å². The number of hydrogen-bond donors (Lipinski definition) is 4. The Morgan fingerprint density at radius 2 is 1.85 bits per heavy atom. The summed E-state index contributed by atoms with van der Waals surface area (Å²) < 4.78 is 17.6. The predicted molar refractivity (Wildman–Crippen MR) is 119 cm³/mol. The van der Waals surface area contributed by atoms with Gasteiger partial charge < -0.3 is 34.6 Å². The average Bonchev–Trinajstić information content (AvgIpc) is 3.27. The zero-order chi connectivity index (χ0) is 24.3. The lowest BCUT2D eigenvalue weighted by Gasteiger charge is -2.70. The Morgan fingerprint density at radius 1 is 1.09 bits per heavy atom. The van der Waals surface area contributed by atoms with Gasteiger partial charge in [0.2, 0.25) is 0 Å². The summed E-state index contributed by atoms with van der Waals surface area (Å²) in [4.78, 5) is 11.8. The smallest absolute Gasteiger partial charge is 0.331 e. The lowest BCUT2D eigenvalue weighted by molar-refractivity contribution is -0.398. The highest BCUT2D eigenvalue weighted by Gasteiger charge is 2.76. The van der Waals surface area contributed by atoms with Gasteiger partial charge in [-0.15, -0.1) is 0 Å². The van der Waals surface area contributed by atoms with Gasteiger partial charge in [0.25, 0.3) is 0 Å². The second kappa shape index (κ2) is 7.05. The second-order valence-electron chi connectivity index (χ2n) is 12.6. The molecule has 4 N–H and O–H groups in total. The van der Waals surface area contributed by atoms with E-state index in [2.05, 4.69) is 0 Å². The molecule has 5 fully saturated rings. The summed E-state index contributed by atoms with van der Waals surface area (Å²) in [7, 11) is 0. The van der Waals surface area contributed by atoms with Gasteiger partial charge in [-0.3, -0.25) is 0 Å². The maximum atomic E-state index is 12.4. The van der Waals surface area contributed by atoms with Crippen LogP contribution in [0, 0.1) is 28.6 Å². The van der Waals surface area contributed by atoms with E-state index in [1.54, 1.807) is 6.08 Å². The molecular weight excluding hydrogens is 440 g/mol. The van der Waals surface area contributed by atoms with E-state index in [0.717, 1.165) is 5.57 Å². The fraction of sp³-hybridized carbons (Fsp3) is 0.885. The van der Waals surface area contributed by atoms with Crippen molar-refractivity contribution >= 4 is 5.97 Å². The van der Waals surface area contributed by atoms with Crippen LogP contribution in [0.5, 0.6) is 0 Å². The molecule has 4 aliphatic carbocycles. The normalized spacial score (nSPS) is 55.6. The molecule has 8 heteroatoms. The highest BCUT2D eigenvalue weighted by atomic mass is 16.7. The summed E-state index contributed by atoms with van der Waals surface area (Å²) in [6.45, 7) is 5.66. The standard InChI is InChI=1S/C26H38O8/c1-22(2)33-15-9-19(34-22)25(13-27)21-17(4-6-24(25,30)10-15)26(31)7-5-16(14-8-20(29)32-12-14)23(26,3)11-18(21)28/h8,15-19,21,27-28,30-31H,4-7,9-13H2,1-3H3/t15-,16+,17+,18+,19+,21+,23+,24-,25+,26+/m0/s1. The summed E-state index contributed by atoms with van der Waals surface area (Å²) in [5.74, 6) is -2.07. The minimum absolute atomic E-state index is 0.0561. The quantitative estimate of drug-likeness (QED) is 0.439. The number of carbonyl (C=O) groups is 1. The number of aliphatic hydroxyl groups excluding tert-OH is 2. The van der Waals surface area contributed by atoms with E-state index in [0.29, 0.717) is 44.9 Å². The number of ether oxygens (including phenoxy) is 3. The van der Waals surface area contributed by atoms with E-state index in [-0.39, 0.29) is 37.1 Å². The Kier molecular flexibility index (Phi) is 4.84. The van der Waals surface area contributed by atoms with Crippen LogP contribution in [0.2, 0.25) is 0 Å². The topological polar surface area (TPSA) is 126 Å². The summed E-state index contributed by atoms with van der Waals surface area (Å²) >= 11 is 0. The number of aliphatic hydroxyl groups is 4. The molecule has 0 spiro atoms. The summed E-state index contributed by atoms with van der Waals surface area (Å²) in [6, 6.07) is 0. The van der Waals surface area contributed by atoms with E-state index in [1.165, 1.54) is 0 Å². The van der Waals surface area contributed by atoms with Gasteiger partial charge in [-0.05, 0) is 63.4 Å². The molecule has 2 heterocycles. The van der Waals surface area contributed by atoms with Crippen molar-refractivity contribution in [2.24, 2.45) is 28.6 Å². The molecule has 0 aromatic heterocycles. The van der Waals surface area contributed by atoms with E-state index >= 15 is 0 Å². The van der Waals surface area contributed by atoms with E-state index in [1.807, 2.05) is 20.8 Å². The zero-order valence-corrected chi connectivity index (χ0v) is 20.3. The molecule has 1 saturated heterocycles. The predicted octanol–water partition coefficient (Wildman–Crippen LogP) is 1.43. The van der Waals surface area contributed by atoms with Crippen molar-refractivity contribution in [2.45, 2.75) is 101 Å². The van der Waals surface area contributed by atoms with Crippen LogP contribution in [0.4, 0.5) is 0 Å². The molecule has 0 aromatic rings. The summed E-state index contributed by atoms with van der Waals surface area (Å²) in [5, 5.41) is 47.2. The minimum atomic E-state index is -1.25. The van der Waals surface area contributed by atoms with E-state index < -0.39 is 45.9 Å². The summed E-state index contributed by atoms with van der Waals surface area (Å²) in [6.07, 6.45) is 3.55. The van der Waals surface area contributed by atoms with Gasteiger partial charge in [-0.25, -0.2) is 4.79 Å². The highest BCUT2D eigenvalue weighted by Crippen LogP contribution is 2.71. The molecule has 10 atom stereocenters. The monoisotopic (exact) mass is 478 g/mol. The molecule has 2 bridgehead atoms. The number of hydrogen-bond acceptors (Lipinski definition) is 8. The third kappa shape index (κ3) is 2.73. The van der Waals surface area contributed by atoms with Gasteiger partial charge in [0.05, 0.1) is 41.5 Å². The van der Waals surface area contributed by atoms with Gasteiger partial charge in [0, 0.05) is 30.3 Å². The maximum absolute atomic E-state index is 12.4. The van der Waals surface area contributed by atoms with Crippen molar-refractivity contribution in [3.8, 4) is 0 Å². The molecule has 4 saturated carbocycles. The van der Waals surface area contributed by atoms with Gasteiger partial charge in [-0.2, -0.15) is 0 Å². The number of cyclic esters (lactones) is 1. The van der Waals surface area contributed by atoms with E-state index in [9.17, 15) is 25.2 Å². The van der Waals surface area contributed by atoms with Crippen molar-refractivity contribution in [1.82, 2.24) is 0 Å². The number of rotatable bonds is 2. The second-order valence-corrected chi connectivity index (χ2v) is 12.6. The van der Waals surface area contributed by atoms with Crippen LogP contribution < -0.4 is 0 Å². The molecule has 6 rings (SSSR count). The molecule has 8 nitrogen and oxygen atoms in total. The first-order valence-corrected chi connectivity index (χ1v) is 12.9. The SMILES string of the molecule is CC1(C)O[C@H]2C[C@@H](O1)[C@]1(CO)[C@H]3[C@H](O)C[C@]4(C)[C@@H](C5=CC(=O)OC5)CC[C@@]4(O)[C@@H]3CC[C@]1(O)C2. The van der Waals surface area contributed by atoms with Gasteiger partial charge in [0.15, 0.2) is 5.79 Å². The molecular formula is C26H38O8. The molecule has 0 amide bonds. The maximum Gasteiger partial charge on any atom is 0.331 e. The van der Waals surface area contributed by atoms with Gasteiger partial charge in [0.1, 0.15) is 6.61 Å². The third-order valence-electron chi connectivity index (χ3n) is 10.9. The molecule has 2 aliphatic heterocycles. The number of esters is 1. The lowest BCUT2D eigenvalue weighted by atomic mass is 9.40. The fourth-order valence-corrected chi connectivity index (χ4v) is 9.65. The van der Waals surface area contributed by atoms with Crippen molar-refractivity contribution in [1.29, 1.82) is 0 Å². The molecule has 34 heavy (non-hydrogen) atoms. The first-order valence-electron chi connectivity index (χ1n) is 12.9. The minimum Gasteiger partial charge on any atom is -0.458 e. The van der Waals surface area contributed by atoms with Crippen molar-refractivity contribution < 1.29 is 39.4 Å². The van der Waals surface area contributed by atoms with Gasteiger partial charge >= 0.3 is 5.97 Å². The average molecular weight is 479 g/mol.